The number of hydrogen-bond donors (Lipinski definition) is 3. The molecular formula is C29H34N6O5. The molecule has 0 saturated carbocycles. The van der Waals surface area contributed by atoms with Crippen molar-refractivity contribution in [3.8, 4) is 22.8 Å². The molecule has 11 nitrogen and oxygen atoms in total. The zero-order valence-electron chi connectivity index (χ0n) is 23.5. The first kappa shape index (κ1) is 28.3. The molecule has 3 N–H and O–H groups in total. The van der Waals surface area contributed by atoms with E-state index in [0.29, 0.717) is 28.4 Å². The summed E-state index contributed by atoms with van der Waals surface area (Å²) in [6, 6.07) is 10.6. The molecule has 4 rings (SSSR count). The number of ether oxygens (including phenoxy) is 3. The number of nitrogens with one attached hydrogen (secondary N) is 3. The third-order valence-corrected chi connectivity index (χ3v) is 5.88. The highest BCUT2D eigenvalue weighted by molar-refractivity contribution is 6.05. The zero-order valence-corrected chi connectivity index (χ0v) is 23.5. The molecule has 4 aromatic rings. The quantitative estimate of drug-likeness (QED) is 0.248. The number of nitrogens with zero attached hydrogens (tertiary/aromatic N) is 3. The maximum absolute atomic E-state index is 13.2. The van der Waals surface area contributed by atoms with Crippen LogP contribution < -0.4 is 20.1 Å². The predicted molar refractivity (Wildman–Crippen MR) is 152 cm³/mol. The van der Waals surface area contributed by atoms with Gasteiger partial charge in [-0.15, -0.1) is 0 Å². The van der Waals surface area contributed by atoms with E-state index in [0.717, 1.165) is 34.5 Å². The number of methoxy groups -OCH3 is 1. The lowest BCUT2D eigenvalue weighted by Crippen LogP contribution is -2.34. The molecule has 40 heavy (non-hydrogen) atoms. The molecule has 3 heterocycles. The van der Waals surface area contributed by atoms with E-state index in [2.05, 4.69) is 25.8 Å². The van der Waals surface area contributed by atoms with Crippen molar-refractivity contribution in [3.63, 3.8) is 0 Å². The number of anilines is 1. The minimum Gasteiger partial charge on any atom is -0.497 e. The minimum atomic E-state index is -0.587. The molecule has 0 aliphatic heterocycles. The summed E-state index contributed by atoms with van der Waals surface area (Å²) >= 11 is 0. The molecule has 0 atom stereocenters. The van der Waals surface area contributed by atoms with Crippen LogP contribution in [0.25, 0.3) is 22.3 Å². The Kier molecular flexibility index (Phi) is 8.52. The van der Waals surface area contributed by atoms with E-state index < -0.39 is 11.7 Å². The number of pyridine rings is 2. The number of aryl methyl sites for hydroxylation is 2. The van der Waals surface area contributed by atoms with Crippen molar-refractivity contribution >= 4 is 28.7 Å². The summed E-state index contributed by atoms with van der Waals surface area (Å²) in [5.74, 6) is 0.507. The highest BCUT2D eigenvalue weighted by Gasteiger charge is 2.16. The number of amides is 2. The normalized spacial score (nSPS) is 11.2. The Hall–Kier alpha value is -4.67. The van der Waals surface area contributed by atoms with Crippen molar-refractivity contribution in [1.29, 1.82) is 0 Å². The highest BCUT2D eigenvalue weighted by Crippen LogP contribution is 2.27. The lowest BCUT2D eigenvalue weighted by atomic mass is 10.1. The van der Waals surface area contributed by atoms with Crippen molar-refractivity contribution in [2.75, 3.05) is 25.6 Å². The summed E-state index contributed by atoms with van der Waals surface area (Å²) in [5, 5.41) is 13.8. The molecule has 2 amide bonds. The number of aromatic nitrogens is 4. The van der Waals surface area contributed by atoms with Crippen molar-refractivity contribution in [2.45, 2.75) is 46.6 Å². The Labute approximate surface area is 232 Å². The fourth-order valence-corrected chi connectivity index (χ4v) is 3.98. The first-order valence-corrected chi connectivity index (χ1v) is 13.0. The second-order valence-electron chi connectivity index (χ2n) is 10.1. The van der Waals surface area contributed by atoms with Crippen LogP contribution in [0.2, 0.25) is 0 Å². The van der Waals surface area contributed by atoms with E-state index in [1.807, 2.05) is 32.0 Å². The molecule has 0 fully saturated rings. The molecule has 0 aliphatic rings. The molecule has 0 spiro atoms. The second kappa shape index (κ2) is 12.0. The Morgan fingerprint density at radius 1 is 1.07 bits per heavy atom. The molecule has 1 aromatic carbocycles. The number of aromatic amines is 1. The maximum Gasteiger partial charge on any atom is 0.407 e. The zero-order chi connectivity index (χ0) is 28.9. The summed E-state index contributed by atoms with van der Waals surface area (Å²) in [4.78, 5) is 34.2. The van der Waals surface area contributed by atoms with Gasteiger partial charge in [0, 0.05) is 28.3 Å². The van der Waals surface area contributed by atoms with Gasteiger partial charge in [0.05, 0.1) is 36.9 Å². The van der Waals surface area contributed by atoms with Gasteiger partial charge in [0.25, 0.3) is 5.91 Å². The maximum atomic E-state index is 13.2. The number of hydrogen-bond acceptors (Lipinski definition) is 8. The molecule has 0 bridgehead atoms. The van der Waals surface area contributed by atoms with Gasteiger partial charge < -0.3 is 24.8 Å². The average molecular weight is 547 g/mol. The summed E-state index contributed by atoms with van der Waals surface area (Å²) < 4.78 is 16.3. The van der Waals surface area contributed by atoms with Crippen molar-refractivity contribution in [3.05, 3.63) is 59.5 Å². The molecule has 11 heteroatoms. The summed E-state index contributed by atoms with van der Waals surface area (Å²) in [6.07, 6.45) is 1.88. The van der Waals surface area contributed by atoms with Crippen LogP contribution in [-0.4, -0.2) is 58.0 Å². The van der Waals surface area contributed by atoms with Crippen LogP contribution in [0.1, 0.15) is 49.4 Å². The van der Waals surface area contributed by atoms with Gasteiger partial charge in [-0.1, -0.05) is 6.92 Å². The van der Waals surface area contributed by atoms with Crippen molar-refractivity contribution in [1.82, 2.24) is 25.5 Å². The predicted octanol–water partition coefficient (Wildman–Crippen LogP) is 5.06. The van der Waals surface area contributed by atoms with E-state index in [1.54, 1.807) is 45.2 Å². The van der Waals surface area contributed by atoms with Gasteiger partial charge >= 0.3 is 6.09 Å². The number of carbonyl (C=O) groups is 2. The smallest absolute Gasteiger partial charge is 0.407 e. The summed E-state index contributed by atoms with van der Waals surface area (Å²) in [5.41, 5.74) is 4.21. The topological polar surface area (TPSA) is 140 Å². The molecular weight excluding hydrogens is 512 g/mol. The third kappa shape index (κ3) is 7.04. The van der Waals surface area contributed by atoms with Crippen molar-refractivity contribution < 1.29 is 23.8 Å². The van der Waals surface area contributed by atoms with Gasteiger partial charge in [-0.25, -0.2) is 9.78 Å². The van der Waals surface area contributed by atoms with Gasteiger partial charge in [0.15, 0.2) is 5.65 Å². The number of alkyl carbamates (subject to hydrolysis) is 1. The number of fused-ring (bicyclic) bond motifs is 1. The van der Waals surface area contributed by atoms with Gasteiger partial charge in [-0.2, -0.15) is 5.10 Å². The Morgan fingerprint density at radius 3 is 2.58 bits per heavy atom. The SMILES string of the molecule is CCc1n[nH]c2nc(-c3cc(NC(=O)c4cc(OC)cc(OCCNC(=O)OC(C)(C)C)c4)cnc3C)ccc12. The lowest BCUT2D eigenvalue weighted by Gasteiger charge is -2.19. The molecule has 3 aromatic heterocycles. The van der Waals surface area contributed by atoms with Gasteiger partial charge in [-0.3, -0.25) is 14.9 Å². The number of carbonyl (C=O) groups excluding carboxylic acids is 2. The fraction of sp³-hybridized carbons (Fsp3) is 0.345. The summed E-state index contributed by atoms with van der Waals surface area (Å²) in [7, 11) is 1.51. The van der Waals surface area contributed by atoms with Crippen molar-refractivity contribution in [2.24, 2.45) is 0 Å². The molecule has 0 unspecified atom stereocenters. The first-order chi connectivity index (χ1) is 19.1. The van der Waals surface area contributed by atoms with Crippen LogP contribution in [0.3, 0.4) is 0 Å². The van der Waals surface area contributed by atoms with Gasteiger partial charge in [0.2, 0.25) is 0 Å². The van der Waals surface area contributed by atoms with E-state index >= 15 is 0 Å². The number of rotatable bonds is 9. The van der Waals surface area contributed by atoms with Crippen LogP contribution in [-0.2, 0) is 11.2 Å². The monoisotopic (exact) mass is 546 g/mol. The number of H-pyrrole nitrogens is 1. The van der Waals surface area contributed by atoms with E-state index in [-0.39, 0.29) is 19.1 Å². The summed E-state index contributed by atoms with van der Waals surface area (Å²) in [6.45, 7) is 9.70. The van der Waals surface area contributed by atoms with Crippen LogP contribution >= 0.6 is 0 Å². The highest BCUT2D eigenvalue weighted by atomic mass is 16.6. The Morgan fingerprint density at radius 2 is 1.85 bits per heavy atom. The first-order valence-electron chi connectivity index (χ1n) is 13.0. The fourth-order valence-electron chi connectivity index (χ4n) is 3.98. The van der Waals surface area contributed by atoms with Crippen LogP contribution in [0.15, 0.2) is 42.6 Å². The molecule has 210 valence electrons. The third-order valence-electron chi connectivity index (χ3n) is 5.88. The average Bonchev–Trinajstić information content (AvgIpc) is 3.33. The lowest BCUT2D eigenvalue weighted by molar-refractivity contribution is 0.0520. The van der Waals surface area contributed by atoms with Crippen LogP contribution in [0.4, 0.5) is 10.5 Å². The minimum absolute atomic E-state index is 0.173. The molecule has 0 aliphatic carbocycles. The molecule has 0 saturated heterocycles. The molecule has 0 radical (unpaired) electrons. The largest absolute Gasteiger partial charge is 0.497 e. The van der Waals surface area contributed by atoms with Crippen LogP contribution in [0.5, 0.6) is 11.5 Å². The second-order valence-corrected chi connectivity index (χ2v) is 10.1. The van der Waals surface area contributed by atoms with Gasteiger partial charge in [0.1, 0.15) is 23.7 Å². The Balaban J connectivity index is 1.46. The van der Waals surface area contributed by atoms with E-state index in [1.165, 1.54) is 7.11 Å². The number of benzene rings is 1. The van der Waals surface area contributed by atoms with E-state index in [4.69, 9.17) is 19.2 Å². The van der Waals surface area contributed by atoms with Gasteiger partial charge in [-0.05, 0) is 64.4 Å². The van der Waals surface area contributed by atoms with E-state index in [9.17, 15) is 9.59 Å². The Bertz CT molecular complexity index is 1530. The van der Waals surface area contributed by atoms with Crippen LogP contribution in [0, 0.1) is 6.92 Å². The standard InChI is InChI=1S/C29H34N6O5/c1-7-24-22-8-9-25(33-26(22)35-34-24)23-14-19(16-31-17(23)2)32-27(36)18-12-20(38-6)15-21(13-18)39-11-10-30-28(37)40-29(3,4)5/h8-9,12-16H,7,10-11H2,1-6H3,(H,30,37)(H,32,36)(H,33,34,35).